The minimum absolute atomic E-state index is 0.438. The van der Waals surface area contributed by atoms with Gasteiger partial charge in [-0.05, 0) is 30.7 Å². The van der Waals surface area contributed by atoms with Crippen LogP contribution in [0.2, 0.25) is 0 Å². The molecule has 0 aliphatic heterocycles. The van der Waals surface area contributed by atoms with Crippen molar-refractivity contribution in [2.75, 3.05) is 112 Å². The molecule has 0 aromatic heterocycles. The van der Waals surface area contributed by atoms with Crippen molar-refractivity contribution >= 4 is 6.29 Å². The van der Waals surface area contributed by atoms with E-state index in [0.717, 1.165) is 25.7 Å². The highest BCUT2D eigenvalue weighted by Crippen LogP contribution is 2.10. The molecule has 0 N–H and O–H groups in total. The van der Waals surface area contributed by atoms with Gasteiger partial charge in [0.05, 0.1) is 99.1 Å². The molecule has 0 saturated heterocycles. The van der Waals surface area contributed by atoms with Crippen LogP contribution in [-0.2, 0) is 37.9 Å². The van der Waals surface area contributed by atoms with E-state index in [0.29, 0.717) is 117 Å². The molecular weight excluding hydrogens is 484 g/mol. The largest absolute Gasteiger partial charge is 0.491 e. The maximum Gasteiger partial charge on any atom is 0.150 e. The molecule has 1 aromatic carbocycles. The molecule has 0 radical (unpaired) electrons. The molecule has 1 aromatic rings. The van der Waals surface area contributed by atoms with Crippen molar-refractivity contribution in [2.45, 2.75) is 19.8 Å². The number of carbonyl (C=O) groups is 1. The van der Waals surface area contributed by atoms with Gasteiger partial charge in [-0.2, -0.15) is 0 Å². The molecule has 37 heavy (non-hydrogen) atoms. The van der Waals surface area contributed by atoms with Crippen LogP contribution in [0.1, 0.15) is 30.1 Å². The van der Waals surface area contributed by atoms with Crippen LogP contribution in [0, 0.1) is 0 Å². The zero-order valence-corrected chi connectivity index (χ0v) is 22.4. The fraction of sp³-hybridized carbons (Fsp3) is 0.741. The fourth-order valence-electron chi connectivity index (χ4n) is 2.75. The van der Waals surface area contributed by atoms with Crippen molar-refractivity contribution in [1.82, 2.24) is 0 Å². The second kappa shape index (κ2) is 27.4. The Labute approximate surface area is 221 Å². The van der Waals surface area contributed by atoms with Crippen molar-refractivity contribution in [3.63, 3.8) is 0 Å². The number of ether oxygens (including phenoxy) is 9. The summed E-state index contributed by atoms with van der Waals surface area (Å²) in [5, 5.41) is 0. The van der Waals surface area contributed by atoms with Crippen LogP contribution in [0.3, 0.4) is 0 Å². The number of aldehydes is 1. The number of carbonyl (C=O) groups excluding carboxylic acids is 1. The summed E-state index contributed by atoms with van der Waals surface area (Å²) in [6.07, 6.45) is 3.04. The Bertz CT molecular complexity index is 599. The molecular formula is C27H46O10. The third-order valence-electron chi connectivity index (χ3n) is 4.76. The molecule has 0 saturated carbocycles. The predicted octanol–water partition coefficient (Wildman–Crippen LogP) is 2.81. The second-order valence-electron chi connectivity index (χ2n) is 7.79. The summed E-state index contributed by atoms with van der Waals surface area (Å²) >= 11 is 0. The van der Waals surface area contributed by atoms with E-state index in [2.05, 4.69) is 6.92 Å². The Morgan fingerprint density at radius 3 is 1.14 bits per heavy atom. The maximum absolute atomic E-state index is 10.6. The average molecular weight is 531 g/mol. The summed E-state index contributed by atoms with van der Waals surface area (Å²) in [6, 6.07) is 6.94. The van der Waals surface area contributed by atoms with Gasteiger partial charge in [-0.3, -0.25) is 4.79 Å². The quantitative estimate of drug-likeness (QED) is 0.114. The first-order valence-electron chi connectivity index (χ1n) is 13.2. The van der Waals surface area contributed by atoms with E-state index >= 15 is 0 Å². The zero-order chi connectivity index (χ0) is 26.5. The lowest BCUT2D eigenvalue weighted by atomic mass is 10.2. The molecule has 1 rings (SSSR count). The molecule has 0 unspecified atom stereocenters. The van der Waals surface area contributed by atoms with Crippen molar-refractivity contribution in [3.8, 4) is 5.75 Å². The highest BCUT2D eigenvalue weighted by Gasteiger charge is 1.97. The van der Waals surface area contributed by atoms with Crippen LogP contribution in [0.4, 0.5) is 0 Å². The third-order valence-corrected chi connectivity index (χ3v) is 4.76. The summed E-state index contributed by atoms with van der Waals surface area (Å²) in [7, 11) is 0. The van der Waals surface area contributed by atoms with Gasteiger partial charge in [0.25, 0.3) is 0 Å². The van der Waals surface area contributed by atoms with Crippen LogP contribution in [0.5, 0.6) is 5.75 Å². The summed E-state index contributed by atoms with van der Waals surface area (Å²) in [6.45, 7) is 11.3. The van der Waals surface area contributed by atoms with Crippen LogP contribution in [0.15, 0.2) is 24.3 Å². The minimum atomic E-state index is 0.438. The number of rotatable bonds is 29. The van der Waals surface area contributed by atoms with E-state index in [1.165, 1.54) is 0 Å². The summed E-state index contributed by atoms with van der Waals surface area (Å²) < 4.78 is 49.1. The minimum Gasteiger partial charge on any atom is -0.491 e. The number of hydrogen-bond acceptors (Lipinski definition) is 10. The topological polar surface area (TPSA) is 100 Å². The molecule has 0 spiro atoms. The first kappa shape index (κ1) is 33.4. The number of benzene rings is 1. The van der Waals surface area contributed by atoms with Gasteiger partial charge in [-0.25, -0.2) is 0 Å². The van der Waals surface area contributed by atoms with Crippen LogP contribution in [0.25, 0.3) is 0 Å². The lowest BCUT2D eigenvalue weighted by Crippen LogP contribution is -2.15. The third kappa shape index (κ3) is 23.2. The highest BCUT2D eigenvalue weighted by atomic mass is 16.6. The molecule has 0 fully saturated rings. The molecule has 0 bridgehead atoms. The summed E-state index contributed by atoms with van der Waals surface area (Å²) in [5.74, 6) is 0.709. The van der Waals surface area contributed by atoms with Gasteiger partial charge in [-0.1, -0.05) is 13.3 Å². The summed E-state index contributed by atoms with van der Waals surface area (Å²) in [5.41, 5.74) is 0.622. The Hall–Kier alpha value is -1.63. The van der Waals surface area contributed by atoms with E-state index < -0.39 is 0 Å². The van der Waals surface area contributed by atoms with Crippen LogP contribution < -0.4 is 4.74 Å². The molecule has 0 heterocycles. The monoisotopic (exact) mass is 530 g/mol. The molecule has 0 amide bonds. The van der Waals surface area contributed by atoms with E-state index in [1.807, 2.05) is 0 Å². The van der Waals surface area contributed by atoms with Crippen molar-refractivity contribution < 1.29 is 47.4 Å². The second-order valence-corrected chi connectivity index (χ2v) is 7.79. The average Bonchev–Trinajstić information content (AvgIpc) is 2.93. The smallest absolute Gasteiger partial charge is 0.150 e. The van der Waals surface area contributed by atoms with Gasteiger partial charge in [0, 0.05) is 12.2 Å². The number of hydrogen-bond donors (Lipinski definition) is 0. The lowest BCUT2D eigenvalue weighted by Gasteiger charge is -2.09. The van der Waals surface area contributed by atoms with Gasteiger partial charge in [0.2, 0.25) is 0 Å². The Morgan fingerprint density at radius 1 is 0.486 bits per heavy atom. The molecule has 10 nitrogen and oxygen atoms in total. The van der Waals surface area contributed by atoms with Gasteiger partial charge in [-0.15, -0.1) is 0 Å². The molecule has 0 atom stereocenters. The molecule has 10 heteroatoms. The maximum atomic E-state index is 10.6. The van der Waals surface area contributed by atoms with Gasteiger partial charge < -0.3 is 42.6 Å². The van der Waals surface area contributed by atoms with E-state index in [4.69, 9.17) is 42.6 Å². The normalized spacial score (nSPS) is 11.2. The van der Waals surface area contributed by atoms with Crippen LogP contribution in [-0.4, -0.2) is 119 Å². The SMILES string of the molecule is CCCCOCCOCCOCCOCCOCCOCCOCCOCCOc1ccc(C=O)cc1. The van der Waals surface area contributed by atoms with Gasteiger partial charge in [0.1, 0.15) is 18.6 Å². The van der Waals surface area contributed by atoms with E-state index in [9.17, 15) is 4.79 Å². The van der Waals surface area contributed by atoms with Gasteiger partial charge in [0.15, 0.2) is 0 Å². The molecule has 0 aliphatic carbocycles. The first-order chi connectivity index (χ1) is 18.4. The van der Waals surface area contributed by atoms with Gasteiger partial charge >= 0.3 is 0 Å². The van der Waals surface area contributed by atoms with E-state index in [-0.39, 0.29) is 0 Å². The Balaban J connectivity index is 1.67. The Kier molecular flexibility index (Phi) is 24.7. The zero-order valence-electron chi connectivity index (χ0n) is 22.4. The lowest BCUT2D eigenvalue weighted by molar-refractivity contribution is -0.0236. The summed E-state index contributed by atoms with van der Waals surface area (Å²) in [4.78, 5) is 10.6. The van der Waals surface area contributed by atoms with Crippen molar-refractivity contribution in [1.29, 1.82) is 0 Å². The number of unbranched alkanes of at least 4 members (excludes halogenated alkanes) is 1. The fourth-order valence-corrected chi connectivity index (χ4v) is 2.75. The van der Waals surface area contributed by atoms with E-state index in [1.54, 1.807) is 24.3 Å². The van der Waals surface area contributed by atoms with Crippen molar-refractivity contribution in [3.05, 3.63) is 29.8 Å². The van der Waals surface area contributed by atoms with Crippen molar-refractivity contribution in [2.24, 2.45) is 0 Å². The van der Waals surface area contributed by atoms with Crippen LogP contribution >= 0.6 is 0 Å². The first-order valence-corrected chi connectivity index (χ1v) is 13.2. The standard InChI is InChI=1S/C27H46O10/c1-2-3-8-29-9-10-30-11-12-31-13-14-32-15-16-33-17-18-34-19-20-35-21-22-36-23-24-37-27-6-4-26(25-28)5-7-27/h4-7,25H,2-3,8-24H2,1H3. The molecule has 214 valence electrons. The predicted molar refractivity (Wildman–Crippen MR) is 139 cm³/mol. The highest BCUT2D eigenvalue weighted by molar-refractivity contribution is 5.74. The Morgan fingerprint density at radius 2 is 0.811 bits per heavy atom. The molecule has 0 aliphatic rings.